The number of nitrogens with zero attached hydrogens (tertiary/aromatic N) is 1. The van der Waals surface area contributed by atoms with Crippen LogP contribution in [0.25, 0.3) is 10.6 Å². The van der Waals surface area contributed by atoms with Gasteiger partial charge in [-0.05, 0) is 18.6 Å². The molecular weight excluding hydrogens is 220 g/mol. The third kappa shape index (κ3) is 1.51. The fourth-order valence-electron chi connectivity index (χ4n) is 1.13. The molecule has 2 N–H and O–H groups in total. The van der Waals surface area contributed by atoms with Gasteiger partial charge in [-0.2, -0.15) is 0 Å². The lowest BCUT2D eigenvalue weighted by molar-refractivity contribution is 0.436. The predicted molar refractivity (Wildman–Crippen MR) is 58.6 cm³/mol. The van der Waals surface area contributed by atoms with E-state index in [1.54, 1.807) is 11.3 Å². The second-order valence-electron chi connectivity index (χ2n) is 2.83. The molecule has 14 heavy (non-hydrogen) atoms. The molecule has 3 nitrogen and oxygen atoms in total. The fourth-order valence-corrected chi connectivity index (χ4v) is 2.29. The van der Waals surface area contributed by atoms with Crippen LogP contribution in [0.15, 0.2) is 16.7 Å². The molecule has 0 atom stereocenters. The molecular formula is C9H9ClN2OS. The Kier molecular flexibility index (Phi) is 2.48. The van der Waals surface area contributed by atoms with E-state index in [0.29, 0.717) is 10.8 Å². The molecule has 0 unspecified atom stereocenters. The molecule has 74 valence electrons. The largest absolute Gasteiger partial charge is 0.380 e. The van der Waals surface area contributed by atoms with Gasteiger partial charge in [0.25, 0.3) is 0 Å². The highest BCUT2D eigenvalue weighted by atomic mass is 35.5. The van der Waals surface area contributed by atoms with Gasteiger partial charge in [0, 0.05) is 4.88 Å². The average Bonchev–Trinajstić information content (AvgIpc) is 2.75. The molecule has 2 aromatic heterocycles. The zero-order valence-electron chi connectivity index (χ0n) is 7.58. The summed E-state index contributed by atoms with van der Waals surface area (Å²) in [5.74, 6) is 0.807. The number of nitrogens with two attached hydrogens (primary N) is 1. The maximum atomic E-state index is 5.92. The Morgan fingerprint density at radius 1 is 1.57 bits per heavy atom. The van der Waals surface area contributed by atoms with Crippen molar-refractivity contribution in [3.63, 3.8) is 0 Å². The van der Waals surface area contributed by atoms with Crippen LogP contribution in [0.3, 0.4) is 0 Å². The number of nitrogen functional groups attached to an aromatic ring is 1. The minimum absolute atomic E-state index is 0.244. The van der Waals surface area contributed by atoms with Gasteiger partial charge in [0.05, 0.1) is 4.88 Å². The van der Waals surface area contributed by atoms with Crippen LogP contribution in [0, 0.1) is 0 Å². The van der Waals surface area contributed by atoms with Crippen molar-refractivity contribution in [1.29, 1.82) is 0 Å². The Bertz CT molecular complexity index is 449. The summed E-state index contributed by atoms with van der Waals surface area (Å²) in [5, 5.41) is 4.00. The number of hydrogen-bond donors (Lipinski definition) is 1. The van der Waals surface area contributed by atoms with Gasteiger partial charge >= 0.3 is 0 Å². The van der Waals surface area contributed by atoms with Gasteiger partial charge in [-0.15, -0.1) is 11.3 Å². The van der Waals surface area contributed by atoms with Crippen molar-refractivity contribution in [3.05, 3.63) is 22.0 Å². The topological polar surface area (TPSA) is 52.0 Å². The minimum Gasteiger partial charge on any atom is -0.380 e. The molecule has 5 heteroatoms. The summed E-state index contributed by atoms with van der Waals surface area (Å²) < 4.78 is 5.04. The molecule has 0 saturated heterocycles. The number of thiophene rings is 1. The number of aromatic nitrogens is 1. The smallest absolute Gasteiger partial charge is 0.197 e. The molecule has 0 radical (unpaired) electrons. The molecule has 0 bridgehead atoms. The third-order valence-corrected chi connectivity index (χ3v) is 3.49. The van der Waals surface area contributed by atoms with Gasteiger partial charge in [0.1, 0.15) is 5.02 Å². The molecule has 2 aromatic rings. The number of rotatable bonds is 2. The normalized spacial score (nSPS) is 10.7. The highest BCUT2D eigenvalue weighted by Crippen LogP contribution is 2.36. The Hall–Kier alpha value is -1.00. The van der Waals surface area contributed by atoms with Crippen LogP contribution >= 0.6 is 22.9 Å². The van der Waals surface area contributed by atoms with E-state index in [2.05, 4.69) is 18.1 Å². The monoisotopic (exact) mass is 228 g/mol. The first kappa shape index (κ1) is 9.55. The summed E-state index contributed by atoms with van der Waals surface area (Å²) >= 11 is 7.56. The molecule has 0 amide bonds. The van der Waals surface area contributed by atoms with Gasteiger partial charge < -0.3 is 10.3 Å². The van der Waals surface area contributed by atoms with Crippen molar-refractivity contribution < 1.29 is 4.52 Å². The summed E-state index contributed by atoms with van der Waals surface area (Å²) in [5.41, 5.74) is 5.49. The molecule has 0 saturated carbocycles. The van der Waals surface area contributed by atoms with E-state index in [9.17, 15) is 0 Å². The number of anilines is 1. The summed E-state index contributed by atoms with van der Waals surface area (Å²) in [6.07, 6.45) is 1.01. The summed E-state index contributed by atoms with van der Waals surface area (Å²) in [6.45, 7) is 2.10. The Labute approximate surface area is 90.5 Å². The van der Waals surface area contributed by atoms with Crippen LogP contribution in [-0.2, 0) is 6.42 Å². The average molecular weight is 229 g/mol. The van der Waals surface area contributed by atoms with Crippen LogP contribution in [0.2, 0.25) is 5.02 Å². The van der Waals surface area contributed by atoms with Gasteiger partial charge in [-0.25, -0.2) is 0 Å². The zero-order chi connectivity index (χ0) is 10.1. The van der Waals surface area contributed by atoms with Gasteiger partial charge in [0.2, 0.25) is 0 Å². The molecule has 2 rings (SSSR count). The highest BCUT2D eigenvalue weighted by molar-refractivity contribution is 7.15. The van der Waals surface area contributed by atoms with E-state index in [1.165, 1.54) is 4.88 Å². The maximum Gasteiger partial charge on any atom is 0.197 e. The zero-order valence-corrected chi connectivity index (χ0v) is 9.15. The first-order chi connectivity index (χ1) is 6.72. The SMILES string of the molecule is CCc1ccc(-c2onc(N)c2Cl)s1. The van der Waals surface area contributed by atoms with Crippen molar-refractivity contribution in [2.45, 2.75) is 13.3 Å². The molecule has 0 aromatic carbocycles. The van der Waals surface area contributed by atoms with E-state index in [4.69, 9.17) is 21.9 Å². The summed E-state index contributed by atoms with van der Waals surface area (Å²) in [4.78, 5) is 2.25. The van der Waals surface area contributed by atoms with Crippen LogP contribution in [0.5, 0.6) is 0 Å². The van der Waals surface area contributed by atoms with Crippen molar-refractivity contribution in [1.82, 2.24) is 5.16 Å². The maximum absolute atomic E-state index is 5.92. The van der Waals surface area contributed by atoms with Crippen molar-refractivity contribution in [2.75, 3.05) is 5.73 Å². The minimum atomic E-state index is 0.244. The second kappa shape index (κ2) is 3.63. The van der Waals surface area contributed by atoms with E-state index >= 15 is 0 Å². The van der Waals surface area contributed by atoms with Gasteiger partial charge in [-0.1, -0.05) is 23.7 Å². The summed E-state index contributed by atoms with van der Waals surface area (Å²) in [7, 11) is 0. The van der Waals surface area contributed by atoms with Crippen molar-refractivity contribution >= 4 is 28.8 Å². The Morgan fingerprint density at radius 2 is 2.36 bits per heavy atom. The van der Waals surface area contributed by atoms with E-state index in [0.717, 1.165) is 11.3 Å². The standard InChI is InChI=1S/C9H9ClN2OS/c1-2-5-3-4-6(14-5)8-7(10)9(11)12-13-8/h3-4H,2H2,1H3,(H2,11,12). The first-order valence-corrected chi connectivity index (χ1v) is 5.41. The van der Waals surface area contributed by atoms with Crippen molar-refractivity contribution in [3.8, 4) is 10.6 Å². The molecule has 0 aliphatic carbocycles. The van der Waals surface area contributed by atoms with E-state index in [1.807, 2.05) is 6.07 Å². The van der Waals surface area contributed by atoms with E-state index in [-0.39, 0.29) is 5.82 Å². The molecule has 0 fully saturated rings. The molecule has 0 aliphatic rings. The predicted octanol–water partition coefficient (Wildman–Crippen LogP) is 3.20. The Balaban J connectivity index is 2.44. The lowest BCUT2D eigenvalue weighted by Crippen LogP contribution is -1.82. The quantitative estimate of drug-likeness (QED) is 0.859. The van der Waals surface area contributed by atoms with Crippen LogP contribution in [-0.4, -0.2) is 5.16 Å². The second-order valence-corrected chi connectivity index (χ2v) is 4.38. The lowest BCUT2D eigenvalue weighted by atomic mass is 10.3. The van der Waals surface area contributed by atoms with Crippen LogP contribution in [0.4, 0.5) is 5.82 Å². The number of hydrogen-bond acceptors (Lipinski definition) is 4. The van der Waals surface area contributed by atoms with Gasteiger partial charge in [-0.3, -0.25) is 0 Å². The summed E-state index contributed by atoms with van der Waals surface area (Å²) in [6, 6.07) is 4.02. The van der Waals surface area contributed by atoms with E-state index < -0.39 is 0 Å². The fraction of sp³-hybridized carbons (Fsp3) is 0.222. The lowest BCUT2D eigenvalue weighted by Gasteiger charge is -1.89. The van der Waals surface area contributed by atoms with Crippen LogP contribution in [0.1, 0.15) is 11.8 Å². The molecule has 0 aliphatic heterocycles. The first-order valence-electron chi connectivity index (χ1n) is 4.22. The molecule has 0 spiro atoms. The highest BCUT2D eigenvalue weighted by Gasteiger charge is 2.14. The Morgan fingerprint density at radius 3 is 2.86 bits per heavy atom. The van der Waals surface area contributed by atoms with Gasteiger partial charge in [0.15, 0.2) is 11.6 Å². The van der Waals surface area contributed by atoms with Crippen molar-refractivity contribution in [2.24, 2.45) is 0 Å². The van der Waals surface area contributed by atoms with Crippen LogP contribution < -0.4 is 5.73 Å². The number of halogens is 1. The third-order valence-electron chi connectivity index (χ3n) is 1.89. The molecule has 2 heterocycles. The number of aryl methyl sites for hydroxylation is 1.